The van der Waals surface area contributed by atoms with Crippen LogP contribution in [0.2, 0.25) is 0 Å². The molecule has 0 bridgehead atoms. The predicted molar refractivity (Wildman–Crippen MR) is 89.6 cm³/mol. The summed E-state index contributed by atoms with van der Waals surface area (Å²) in [6.45, 7) is 0.649. The zero-order valence-electron chi connectivity index (χ0n) is 11.7. The first-order valence-corrected chi connectivity index (χ1v) is 8.24. The molecule has 1 aromatic heterocycles. The van der Waals surface area contributed by atoms with Gasteiger partial charge in [-0.2, -0.15) is 0 Å². The number of ether oxygens (including phenoxy) is 1. The summed E-state index contributed by atoms with van der Waals surface area (Å²) in [5, 5.41) is 0. The van der Waals surface area contributed by atoms with E-state index in [1.54, 1.807) is 17.2 Å². The molecule has 2 heterocycles. The van der Waals surface area contributed by atoms with Crippen LogP contribution in [0.4, 0.5) is 5.69 Å². The van der Waals surface area contributed by atoms with Crippen molar-refractivity contribution in [3.63, 3.8) is 0 Å². The fourth-order valence-electron chi connectivity index (χ4n) is 2.38. The summed E-state index contributed by atoms with van der Waals surface area (Å²) in [7, 11) is 0. The summed E-state index contributed by atoms with van der Waals surface area (Å²) in [5.41, 5.74) is 0.777. The number of nitrogens with zero attached hydrogens (tertiary/aromatic N) is 2. The number of amides is 1. The average molecular weight is 382 g/mol. The number of carbonyl (C=O) groups excluding carboxylic acids is 1. The Labute approximate surface area is 142 Å². The van der Waals surface area contributed by atoms with Crippen LogP contribution in [0.15, 0.2) is 47.1 Å². The van der Waals surface area contributed by atoms with Crippen LogP contribution in [0, 0.1) is 5.92 Å². The highest BCUT2D eigenvalue weighted by atomic mass is 79.9. The maximum atomic E-state index is 12.0. The molecule has 6 heteroatoms. The number of hydrogen-bond acceptors (Lipinski definition) is 3. The number of carbonyl (C=O) groups is 1. The van der Waals surface area contributed by atoms with Gasteiger partial charge in [0.2, 0.25) is 11.8 Å². The molecule has 0 radical (unpaired) electrons. The summed E-state index contributed by atoms with van der Waals surface area (Å²) in [4.78, 5) is 18.0. The standard InChI is InChI=1S/C16H14BrClN2O2/c17-12-2-1-3-14(7-12)22-15-5-4-13(9-19-15)20-10-11(8-18)6-16(20)21/h1-5,7,9,11H,6,8,10H2. The molecule has 1 aliphatic rings. The first kappa shape index (κ1) is 15.3. The van der Waals surface area contributed by atoms with Crippen LogP contribution in [-0.2, 0) is 4.79 Å². The fourth-order valence-corrected chi connectivity index (χ4v) is 2.96. The Hall–Kier alpha value is -1.59. The number of halogens is 2. The Kier molecular flexibility index (Phi) is 4.64. The van der Waals surface area contributed by atoms with Gasteiger partial charge >= 0.3 is 0 Å². The number of pyridine rings is 1. The van der Waals surface area contributed by atoms with E-state index in [1.165, 1.54) is 0 Å². The molecule has 2 aromatic rings. The van der Waals surface area contributed by atoms with E-state index in [1.807, 2.05) is 30.3 Å². The van der Waals surface area contributed by atoms with E-state index in [-0.39, 0.29) is 11.8 Å². The number of hydrogen-bond donors (Lipinski definition) is 0. The van der Waals surface area contributed by atoms with Crippen molar-refractivity contribution in [1.82, 2.24) is 4.98 Å². The molecule has 0 saturated carbocycles. The minimum absolute atomic E-state index is 0.0908. The molecule has 0 N–H and O–H groups in total. The second-order valence-corrected chi connectivity index (χ2v) is 6.37. The largest absolute Gasteiger partial charge is 0.439 e. The maximum Gasteiger partial charge on any atom is 0.227 e. The molecular weight excluding hydrogens is 368 g/mol. The van der Waals surface area contributed by atoms with Crippen LogP contribution >= 0.6 is 27.5 Å². The van der Waals surface area contributed by atoms with E-state index in [2.05, 4.69) is 20.9 Å². The quantitative estimate of drug-likeness (QED) is 0.744. The molecule has 3 rings (SSSR count). The van der Waals surface area contributed by atoms with Crippen molar-refractivity contribution < 1.29 is 9.53 Å². The van der Waals surface area contributed by atoms with Crippen LogP contribution in [0.3, 0.4) is 0 Å². The Morgan fingerprint density at radius 1 is 1.36 bits per heavy atom. The minimum Gasteiger partial charge on any atom is -0.439 e. The third-order valence-electron chi connectivity index (χ3n) is 3.47. The predicted octanol–water partition coefficient (Wildman–Crippen LogP) is 4.23. The summed E-state index contributed by atoms with van der Waals surface area (Å²) in [5.74, 6) is 2.00. The molecule has 1 atom stereocenters. The zero-order chi connectivity index (χ0) is 15.5. The molecule has 1 aliphatic heterocycles. The van der Waals surface area contributed by atoms with E-state index in [0.717, 1.165) is 10.2 Å². The van der Waals surface area contributed by atoms with E-state index in [0.29, 0.717) is 30.5 Å². The van der Waals surface area contributed by atoms with Gasteiger partial charge in [0.15, 0.2) is 0 Å². The van der Waals surface area contributed by atoms with Gasteiger partial charge in [-0.05, 0) is 30.2 Å². The molecule has 4 nitrogen and oxygen atoms in total. The van der Waals surface area contributed by atoms with Crippen LogP contribution in [0.25, 0.3) is 0 Å². The lowest BCUT2D eigenvalue weighted by molar-refractivity contribution is -0.117. The van der Waals surface area contributed by atoms with Crippen LogP contribution in [0.1, 0.15) is 6.42 Å². The molecule has 1 aromatic carbocycles. The third kappa shape index (κ3) is 3.42. The molecule has 0 spiro atoms. The summed E-state index contributed by atoms with van der Waals surface area (Å²) < 4.78 is 6.62. The lowest BCUT2D eigenvalue weighted by Gasteiger charge is -2.16. The van der Waals surface area contributed by atoms with Gasteiger partial charge < -0.3 is 9.64 Å². The maximum absolute atomic E-state index is 12.0. The molecule has 0 aliphatic carbocycles. The normalized spacial score (nSPS) is 17.8. The van der Waals surface area contributed by atoms with Gasteiger partial charge in [-0.25, -0.2) is 4.98 Å². The summed E-state index contributed by atoms with van der Waals surface area (Å²) >= 11 is 9.23. The molecule has 22 heavy (non-hydrogen) atoms. The van der Waals surface area contributed by atoms with E-state index >= 15 is 0 Å². The van der Waals surface area contributed by atoms with Crippen molar-refractivity contribution in [2.24, 2.45) is 5.92 Å². The molecule has 1 saturated heterocycles. The zero-order valence-corrected chi connectivity index (χ0v) is 14.0. The smallest absolute Gasteiger partial charge is 0.227 e. The summed E-state index contributed by atoms with van der Waals surface area (Å²) in [6.07, 6.45) is 2.15. The Bertz CT molecular complexity index is 678. The van der Waals surface area contributed by atoms with Crippen molar-refractivity contribution in [2.45, 2.75) is 6.42 Å². The topological polar surface area (TPSA) is 42.4 Å². The van der Waals surface area contributed by atoms with Crippen LogP contribution in [-0.4, -0.2) is 23.3 Å². The second-order valence-electron chi connectivity index (χ2n) is 5.14. The number of anilines is 1. The Balaban J connectivity index is 1.72. The first-order chi connectivity index (χ1) is 10.7. The first-order valence-electron chi connectivity index (χ1n) is 6.91. The monoisotopic (exact) mass is 380 g/mol. The van der Waals surface area contributed by atoms with Crippen molar-refractivity contribution >= 4 is 39.1 Å². The van der Waals surface area contributed by atoms with Gasteiger partial charge in [-0.3, -0.25) is 4.79 Å². The fraction of sp³-hybridized carbons (Fsp3) is 0.250. The highest BCUT2D eigenvalue weighted by Crippen LogP contribution is 2.28. The SMILES string of the molecule is O=C1CC(CCl)CN1c1ccc(Oc2cccc(Br)c2)nc1. The van der Waals surface area contributed by atoms with E-state index in [4.69, 9.17) is 16.3 Å². The van der Waals surface area contributed by atoms with Gasteiger partial charge in [0.05, 0.1) is 11.9 Å². The number of benzene rings is 1. The third-order valence-corrected chi connectivity index (χ3v) is 4.40. The summed E-state index contributed by atoms with van der Waals surface area (Å²) in [6, 6.07) is 11.1. The van der Waals surface area contributed by atoms with Gasteiger partial charge in [-0.15, -0.1) is 11.6 Å². The van der Waals surface area contributed by atoms with Crippen molar-refractivity contribution in [1.29, 1.82) is 0 Å². The van der Waals surface area contributed by atoms with Crippen LogP contribution in [0.5, 0.6) is 11.6 Å². The lowest BCUT2D eigenvalue weighted by Crippen LogP contribution is -2.24. The number of rotatable bonds is 4. The van der Waals surface area contributed by atoms with Gasteiger partial charge in [0.1, 0.15) is 5.75 Å². The second kappa shape index (κ2) is 6.67. The van der Waals surface area contributed by atoms with Crippen LogP contribution < -0.4 is 9.64 Å². The Morgan fingerprint density at radius 2 is 2.23 bits per heavy atom. The highest BCUT2D eigenvalue weighted by molar-refractivity contribution is 9.10. The van der Waals surface area contributed by atoms with Gasteiger partial charge in [0.25, 0.3) is 0 Å². The number of aromatic nitrogens is 1. The minimum atomic E-state index is 0.0908. The van der Waals surface area contributed by atoms with Crippen molar-refractivity contribution in [2.75, 3.05) is 17.3 Å². The van der Waals surface area contributed by atoms with Gasteiger partial charge in [0, 0.05) is 29.4 Å². The molecule has 114 valence electrons. The lowest BCUT2D eigenvalue weighted by atomic mass is 10.1. The van der Waals surface area contributed by atoms with Crippen molar-refractivity contribution in [3.05, 3.63) is 47.1 Å². The molecule has 1 fully saturated rings. The highest BCUT2D eigenvalue weighted by Gasteiger charge is 2.30. The molecule has 1 amide bonds. The Morgan fingerprint density at radius 3 is 2.86 bits per heavy atom. The average Bonchev–Trinajstić information content (AvgIpc) is 2.89. The molecular formula is C16H14BrClN2O2. The van der Waals surface area contributed by atoms with Gasteiger partial charge in [-0.1, -0.05) is 22.0 Å². The molecule has 1 unspecified atom stereocenters. The number of alkyl halides is 1. The van der Waals surface area contributed by atoms with E-state index < -0.39 is 0 Å². The van der Waals surface area contributed by atoms with E-state index in [9.17, 15) is 4.79 Å². The van der Waals surface area contributed by atoms with Crippen molar-refractivity contribution in [3.8, 4) is 11.6 Å².